The van der Waals surface area contributed by atoms with E-state index in [9.17, 15) is 9.59 Å². The van der Waals surface area contributed by atoms with Crippen molar-refractivity contribution in [3.8, 4) is 0 Å². The molecule has 0 N–H and O–H groups in total. The van der Waals surface area contributed by atoms with E-state index >= 15 is 0 Å². The molecule has 0 aromatic heterocycles. The number of epoxide rings is 1. The van der Waals surface area contributed by atoms with Gasteiger partial charge in [0.2, 0.25) is 0 Å². The standard InChI is InChI=1S/C21H28O3/c1-12(22)21-18(24-21)11-17-15-5-4-13-10-14(23)6-8-19(13,2)16(15)7-9-20(17,21)3/h10,15-18H,4-9,11H2,1-3H3/t15?,16?,17?,18?,19?,20?,21-/m1/s1. The highest BCUT2D eigenvalue weighted by Crippen LogP contribution is 2.73. The maximum atomic E-state index is 12.4. The van der Waals surface area contributed by atoms with E-state index in [0.29, 0.717) is 30.0 Å². The highest BCUT2D eigenvalue weighted by Gasteiger charge is 2.79. The average Bonchev–Trinajstić information content (AvgIpc) is 3.21. The lowest BCUT2D eigenvalue weighted by Crippen LogP contribution is -2.54. The van der Waals surface area contributed by atoms with Gasteiger partial charge in [0.1, 0.15) is 0 Å². The van der Waals surface area contributed by atoms with Crippen molar-refractivity contribution in [3.63, 3.8) is 0 Å². The monoisotopic (exact) mass is 328 g/mol. The molecule has 0 aromatic carbocycles. The first-order chi connectivity index (χ1) is 11.3. The summed E-state index contributed by atoms with van der Waals surface area (Å²) in [6, 6.07) is 0. The molecule has 0 spiro atoms. The molecule has 0 radical (unpaired) electrons. The molecule has 5 aliphatic rings. The topological polar surface area (TPSA) is 46.7 Å². The van der Waals surface area contributed by atoms with Crippen LogP contribution in [-0.4, -0.2) is 23.3 Å². The number of carbonyl (C=O) groups excluding carboxylic acids is 2. The van der Waals surface area contributed by atoms with Crippen molar-refractivity contribution >= 4 is 11.6 Å². The lowest BCUT2D eigenvalue weighted by atomic mass is 9.46. The van der Waals surface area contributed by atoms with Gasteiger partial charge in [-0.25, -0.2) is 0 Å². The molecule has 1 heterocycles. The van der Waals surface area contributed by atoms with Crippen molar-refractivity contribution in [2.24, 2.45) is 28.6 Å². The summed E-state index contributed by atoms with van der Waals surface area (Å²) >= 11 is 0. The summed E-state index contributed by atoms with van der Waals surface area (Å²) in [6.07, 6.45) is 9.53. The van der Waals surface area contributed by atoms with Gasteiger partial charge in [0.15, 0.2) is 17.2 Å². The predicted octanol–water partition coefficient (Wildman–Crippen LogP) is 3.85. The average molecular weight is 328 g/mol. The van der Waals surface area contributed by atoms with Crippen LogP contribution in [0.15, 0.2) is 11.6 Å². The molecule has 1 aliphatic heterocycles. The Kier molecular flexibility index (Phi) is 2.81. The van der Waals surface area contributed by atoms with Crippen molar-refractivity contribution in [2.75, 3.05) is 0 Å². The van der Waals surface area contributed by atoms with E-state index in [2.05, 4.69) is 13.8 Å². The van der Waals surface area contributed by atoms with Gasteiger partial charge in [-0.3, -0.25) is 9.59 Å². The summed E-state index contributed by atoms with van der Waals surface area (Å²) in [7, 11) is 0. The smallest absolute Gasteiger partial charge is 0.164 e. The molecule has 0 amide bonds. The van der Waals surface area contributed by atoms with E-state index in [-0.39, 0.29) is 22.7 Å². The van der Waals surface area contributed by atoms with Gasteiger partial charge in [-0.05, 0) is 74.7 Å². The Bertz CT molecular complexity index is 679. The minimum absolute atomic E-state index is 0.0345. The highest BCUT2D eigenvalue weighted by molar-refractivity contribution is 5.92. The summed E-state index contributed by atoms with van der Waals surface area (Å²) < 4.78 is 5.99. The Morgan fingerprint density at radius 1 is 1.17 bits per heavy atom. The molecular formula is C21H28O3. The molecule has 24 heavy (non-hydrogen) atoms. The van der Waals surface area contributed by atoms with E-state index in [1.165, 1.54) is 18.4 Å². The molecule has 130 valence electrons. The fourth-order valence-corrected chi connectivity index (χ4v) is 7.62. The third-order valence-electron chi connectivity index (χ3n) is 8.92. The molecule has 1 saturated heterocycles. The molecule has 6 unspecified atom stereocenters. The Labute approximate surface area is 144 Å². The van der Waals surface area contributed by atoms with Gasteiger partial charge in [-0.1, -0.05) is 19.4 Å². The molecule has 0 aromatic rings. The van der Waals surface area contributed by atoms with Crippen LogP contribution in [0.4, 0.5) is 0 Å². The summed E-state index contributed by atoms with van der Waals surface area (Å²) in [6.45, 7) is 6.48. The molecular weight excluding hydrogens is 300 g/mol. The zero-order valence-corrected chi connectivity index (χ0v) is 15.1. The second kappa shape index (κ2) is 4.41. The number of carbonyl (C=O) groups is 2. The first-order valence-corrected chi connectivity index (χ1v) is 9.76. The Balaban J connectivity index is 1.52. The van der Waals surface area contributed by atoms with Crippen molar-refractivity contribution in [3.05, 3.63) is 11.6 Å². The third-order valence-corrected chi connectivity index (χ3v) is 8.92. The SMILES string of the molecule is CC(=O)[C@@]12OC1CC1C3CCC4=CC(=O)CCC4(C)C3CCC12C. The molecule has 3 heteroatoms. The van der Waals surface area contributed by atoms with Gasteiger partial charge < -0.3 is 4.74 Å². The molecule has 0 bridgehead atoms. The number of hydrogen-bond acceptors (Lipinski definition) is 3. The van der Waals surface area contributed by atoms with E-state index in [4.69, 9.17) is 4.74 Å². The van der Waals surface area contributed by atoms with Gasteiger partial charge in [-0.2, -0.15) is 0 Å². The molecule has 4 fully saturated rings. The molecule has 3 saturated carbocycles. The van der Waals surface area contributed by atoms with Gasteiger partial charge >= 0.3 is 0 Å². The lowest BCUT2D eigenvalue weighted by molar-refractivity contribution is -0.136. The highest BCUT2D eigenvalue weighted by atomic mass is 16.6. The van der Waals surface area contributed by atoms with E-state index < -0.39 is 5.60 Å². The number of hydrogen-bond donors (Lipinski definition) is 0. The third kappa shape index (κ3) is 1.54. The number of ether oxygens (including phenoxy) is 1. The molecule has 5 rings (SSSR count). The zero-order valence-electron chi connectivity index (χ0n) is 15.1. The maximum absolute atomic E-state index is 12.4. The Morgan fingerprint density at radius 3 is 2.71 bits per heavy atom. The number of allylic oxidation sites excluding steroid dienone is 1. The second-order valence-electron chi connectivity index (χ2n) is 9.56. The minimum atomic E-state index is -0.456. The summed E-state index contributed by atoms with van der Waals surface area (Å²) in [4.78, 5) is 24.3. The van der Waals surface area contributed by atoms with Crippen LogP contribution in [0.25, 0.3) is 0 Å². The van der Waals surface area contributed by atoms with Crippen LogP contribution in [0.5, 0.6) is 0 Å². The summed E-state index contributed by atoms with van der Waals surface area (Å²) in [5.74, 6) is 2.58. The van der Waals surface area contributed by atoms with Crippen LogP contribution in [0, 0.1) is 28.6 Å². The van der Waals surface area contributed by atoms with Crippen molar-refractivity contribution in [2.45, 2.75) is 77.4 Å². The van der Waals surface area contributed by atoms with Crippen LogP contribution in [0.3, 0.4) is 0 Å². The Morgan fingerprint density at radius 2 is 1.96 bits per heavy atom. The second-order valence-corrected chi connectivity index (χ2v) is 9.56. The van der Waals surface area contributed by atoms with Gasteiger partial charge in [0.05, 0.1) is 6.10 Å². The first kappa shape index (κ1) is 15.3. The largest absolute Gasteiger partial charge is 0.357 e. The summed E-state index contributed by atoms with van der Waals surface area (Å²) in [5.41, 5.74) is 1.22. The van der Waals surface area contributed by atoms with Crippen LogP contribution in [0.1, 0.15) is 65.7 Å². The number of rotatable bonds is 1. The van der Waals surface area contributed by atoms with Gasteiger partial charge in [0, 0.05) is 11.8 Å². The fraction of sp³-hybridized carbons (Fsp3) is 0.810. The molecule has 4 aliphatic carbocycles. The van der Waals surface area contributed by atoms with Crippen LogP contribution in [0.2, 0.25) is 0 Å². The van der Waals surface area contributed by atoms with Crippen LogP contribution >= 0.6 is 0 Å². The Hall–Kier alpha value is -0.960. The zero-order chi connectivity index (χ0) is 16.9. The van der Waals surface area contributed by atoms with E-state index in [1.807, 2.05) is 6.08 Å². The number of ketones is 2. The number of Topliss-reactive ketones (excluding diaryl/α,β-unsaturated/α-hetero) is 1. The lowest BCUT2D eigenvalue weighted by Gasteiger charge is -2.58. The maximum Gasteiger partial charge on any atom is 0.164 e. The number of fused-ring (bicyclic) bond motifs is 7. The molecule has 3 nitrogen and oxygen atoms in total. The van der Waals surface area contributed by atoms with Gasteiger partial charge in [-0.15, -0.1) is 0 Å². The van der Waals surface area contributed by atoms with Crippen molar-refractivity contribution in [1.29, 1.82) is 0 Å². The van der Waals surface area contributed by atoms with Crippen LogP contribution < -0.4 is 0 Å². The van der Waals surface area contributed by atoms with E-state index in [0.717, 1.165) is 25.7 Å². The first-order valence-electron chi connectivity index (χ1n) is 9.76. The van der Waals surface area contributed by atoms with E-state index in [1.54, 1.807) is 6.92 Å². The van der Waals surface area contributed by atoms with Crippen LogP contribution in [-0.2, 0) is 14.3 Å². The van der Waals surface area contributed by atoms with Gasteiger partial charge in [0.25, 0.3) is 0 Å². The van der Waals surface area contributed by atoms with Crippen molar-refractivity contribution < 1.29 is 14.3 Å². The van der Waals surface area contributed by atoms with Crippen molar-refractivity contribution in [1.82, 2.24) is 0 Å². The summed E-state index contributed by atoms with van der Waals surface area (Å²) in [5, 5.41) is 0. The quantitative estimate of drug-likeness (QED) is 0.687. The fourth-order valence-electron chi connectivity index (χ4n) is 7.62. The molecule has 7 atom stereocenters. The predicted molar refractivity (Wildman–Crippen MR) is 90.4 cm³/mol. The minimum Gasteiger partial charge on any atom is -0.357 e. The normalized spacial score (nSPS) is 55.0.